The summed E-state index contributed by atoms with van der Waals surface area (Å²) in [7, 11) is 1.73. The molecule has 7 atom stereocenters. The topological polar surface area (TPSA) is 67.1 Å². The van der Waals surface area contributed by atoms with Gasteiger partial charge in [-0.05, 0) is 78.4 Å². The maximum absolute atomic E-state index is 13.1. The maximum Gasteiger partial charge on any atom is 0.410 e. The molecule has 0 radical (unpaired) electrons. The number of rotatable bonds is 10. The first-order valence-corrected chi connectivity index (χ1v) is 13.4. The summed E-state index contributed by atoms with van der Waals surface area (Å²) in [5.74, 6) is 0.621. The zero-order valence-electron chi connectivity index (χ0n) is 22.2. The van der Waals surface area contributed by atoms with Crippen LogP contribution in [0, 0.1) is 11.8 Å². The molecule has 3 heterocycles. The standard InChI is InChI=1S/C27H46N2O5/c1-7-28(8-2)15-12-20-13-16-29(17-20)25(30)33-21-11-14-27(18-32-27)24(23(21)31-6)26(5)22(34-26)10-9-19(3)4/h9,20-24H,7-8,10-18H2,1-6H3/t20-,21+,22+,23+,24?,26-,27-/m0/s1. The van der Waals surface area contributed by atoms with Crippen LogP contribution in [0.15, 0.2) is 11.6 Å². The van der Waals surface area contributed by atoms with E-state index in [0.717, 1.165) is 71.4 Å². The molecule has 1 unspecified atom stereocenters. The Labute approximate surface area is 206 Å². The molecule has 0 bridgehead atoms. The van der Waals surface area contributed by atoms with Crippen molar-refractivity contribution in [2.24, 2.45) is 11.8 Å². The number of methoxy groups -OCH3 is 1. The zero-order chi connectivity index (χ0) is 24.5. The van der Waals surface area contributed by atoms with E-state index in [1.165, 1.54) is 5.57 Å². The van der Waals surface area contributed by atoms with E-state index in [0.29, 0.717) is 5.92 Å². The Bertz CT molecular complexity index is 745. The number of carbonyl (C=O) groups is 1. The van der Waals surface area contributed by atoms with Crippen molar-refractivity contribution in [2.75, 3.05) is 46.4 Å². The van der Waals surface area contributed by atoms with Crippen LogP contribution in [-0.2, 0) is 18.9 Å². The highest BCUT2D eigenvalue weighted by atomic mass is 16.6. The van der Waals surface area contributed by atoms with E-state index < -0.39 is 0 Å². The van der Waals surface area contributed by atoms with Crippen molar-refractivity contribution in [1.29, 1.82) is 0 Å². The fraction of sp³-hybridized carbons (Fsp3) is 0.889. The van der Waals surface area contributed by atoms with Crippen LogP contribution < -0.4 is 0 Å². The Morgan fingerprint density at radius 3 is 2.59 bits per heavy atom. The van der Waals surface area contributed by atoms with Gasteiger partial charge in [0.05, 0.1) is 18.6 Å². The van der Waals surface area contributed by atoms with Gasteiger partial charge in [-0.1, -0.05) is 25.5 Å². The van der Waals surface area contributed by atoms with Gasteiger partial charge < -0.3 is 28.7 Å². The van der Waals surface area contributed by atoms with Gasteiger partial charge in [-0.15, -0.1) is 0 Å². The normalized spacial score (nSPS) is 38.9. The van der Waals surface area contributed by atoms with Crippen LogP contribution in [0.3, 0.4) is 0 Å². The summed E-state index contributed by atoms with van der Waals surface area (Å²) in [6, 6.07) is 0. The third kappa shape index (κ3) is 5.32. The van der Waals surface area contributed by atoms with Gasteiger partial charge in [0, 0.05) is 20.2 Å². The molecular weight excluding hydrogens is 432 g/mol. The molecule has 4 fully saturated rings. The Morgan fingerprint density at radius 1 is 1.24 bits per heavy atom. The molecule has 0 aromatic heterocycles. The fourth-order valence-corrected chi connectivity index (χ4v) is 6.41. The van der Waals surface area contributed by atoms with Crippen molar-refractivity contribution >= 4 is 6.09 Å². The monoisotopic (exact) mass is 478 g/mol. The SMILES string of the molecule is CCN(CC)CC[C@H]1CCN(C(=O)O[C@@H]2CC[C@]3(CO3)C([C@@]3(C)O[C@@H]3CC=C(C)C)[C@@H]2OC)C1. The van der Waals surface area contributed by atoms with Crippen LogP contribution in [0.2, 0.25) is 0 Å². The highest BCUT2D eigenvalue weighted by Crippen LogP contribution is 2.59. The van der Waals surface area contributed by atoms with Gasteiger partial charge in [0.2, 0.25) is 0 Å². The van der Waals surface area contributed by atoms with Crippen LogP contribution in [0.25, 0.3) is 0 Å². The number of hydrogen-bond acceptors (Lipinski definition) is 6. The fourth-order valence-electron chi connectivity index (χ4n) is 6.41. The second kappa shape index (κ2) is 10.5. The lowest BCUT2D eigenvalue weighted by Gasteiger charge is -2.43. The second-order valence-corrected chi connectivity index (χ2v) is 11.2. The van der Waals surface area contributed by atoms with Crippen LogP contribution in [0.1, 0.15) is 66.7 Å². The van der Waals surface area contributed by atoms with E-state index in [1.807, 2.05) is 4.90 Å². The first kappa shape index (κ1) is 25.9. The average molecular weight is 479 g/mol. The second-order valence-electron chi connectivity index (χ2n) is 11.2. The quantitative estimate of drug-likeness (QED) is 0.345. The largest absolute Gasteiger partial charge is 0.443 e. The Balaban J connectivity index is 1.35. The summed E-state index contributed by atoms with van der Waals surface area (Å²) in [5.41, 5.74) is 0.800. The van der Waals surface area contributed by atoms with Crippen LogP contribution in [-0.4, -0.2) is 91.8 Å². The van der Waals surface area contributed by atoms with E-state index in [1.54, 1.807) is 7.11 Å². The summed E-state index contributed by atoms with van der Waals surface area (Å²) in [4.78, 5) is 17.5. The lowest BCUT2D eigenvalue weighted by Crippen LogP contribution is -2.56. The van der Waals surface area contributed by atoms with Crippen molar-refractivity contribution in [3.8, 4) is 0 Å². The zero-order valence-corrected chi connectivity index (χ0v) is 22.2. The van der Waals surface area contributed by atoms with Crippen molar-refractivity contribution in [3.63, 3.8) is 0 Å². The first-order valence-electron chi connectivity index (χ1n) is 13.4. The molecule has 0 aromatic carbocycles. The Hall–Kier alpha value is -1.15. The number of hydrogen-bond donors (Lipinski definition) is 0. The van der Waals surface area contributed by atoms with Gasteiger partial charge in [-0.2, -0.15) is 0 Å². The highest BCUT2D eigenvalue weighted by molar-refractivity contribution is 5.68. The summed E-state index contributed by atoms with van der Waals surface area (Å²) >= 11 is 0. The van der Waals surface area contributed by atoms with Crippen LogP contribution in [0.4, 0.5) is 4.79 Å². The number of epoxide rings is 2. The maximum atomic E-state index is 13.1. The molecule has 34 heavy (non-hydrogen) atoms. The summed E-state index contributed by atoms with van der Waals surface area (Å²) in [5, 5.41) is 0. The average Bonchev–Trinajstić information content (AvgIpc) is 3.67. The molecule has 4 rings (SSSR count). The van der Waals surface area contributed by atoms with Gasteiger partial charge in [-0.3, -0.25) is 0 Å². The number of allylic oxidation sites excluding steroid dienone is 1. The predicted octanol–water partition coefficient (Wildman–Crippen LogP) is 4.25. The Morgan fingerprint density at radius 2 is 1.97 bits per heavy atom. The molecule has 194 valence electrons. The van der Waals surface area contributed by atoms with E-state index >= 15 is 0 Å². The number of amides is 1. The number of ether oxygens (including phenoxy) is 4. The van der Waals surface area contributed by atoms with E-state index in [9.17, 15) is 4.79 Å². The first-order chi connectivity index (χ1) is 16.3. The van der Waals surface area contributed by atoms with Crippen molar-refractivity contribution in [2.45, 2.75) is 96.2 Å². The van der Waals surface area contributed by atoms with Gasteiger partial charge in [-0.25, -0.2) is 4.79 Å². The molecule has 3 saturated heterocycles. The minimum Gasteiger partial charge on any atom is -0.443 e. The minimum atomic E-state index is -0.308. The van der Waals surface area contributed by atoms with E-state index in [-0.39, 0.29) is 41.5 Å². The van der Waals surface area contributed by atoms with Gasteiger partial charge in [0.25, 0.3) is 0 Å². The van der Waals surface area contributed by atoms with E-state index in [4.69, 9.17) is 18.9 Å². The van der Waals surface area contributed by atoms with Gasteiger partial charge in [0.15, 0.2) is 0 Å². The summed E-state index contributed by atoms with van der Waals surface area (Å²) in [6.07, 6.45) is 6.48. The highest BCUT2D eigenvalue weighted by Gasteiger charge is 2.72. The number of carbonyl (C=O) groups excluding carboxylic acids is 1. The number of nitrogens with zero attached hydrogens (tertiary/aromatic N) is 2. The molecule has 3 aliphatic heterocycles. The molecule has 1 saturated carbocycles. The minimum absolute atomic E-state index is 0.0625. The van der Waals surface area contributed by atoms with Crippen LogP contribution >= 0.6 is 0 Å². The van der Waals surface area contributed by atoms with E-state index in [2.05, 4.69) is 45.6 Å². The molecular formula is C27H46N2O5. The smallest absolute Gasteiger partial charge is 0.410 e. The third-order valence-corrected chi connectivity index (χ3v) is 8.78. The molecule has 0 N–H and O–H groups in total. The Kier molecular flexibility index (Phi) is 7.97. The summed E-state index contributed by atoms with van der Waals surface area (Å²) in [6.45, 7) is 16.4. The summed E-state index contributed by atoms with van der Waals surface area (Å²) < 4.78 is 24.5. The lowest BCUT2D eigenvalue weighted by atomic mass is 9.68. The third-order valence-electron chi connectivity index (χ3n) is 8.78. The van der Waals surface area contributed by atoms with Gasteiger partial charge in [0.1, 0.15) is 23.4 Å². The number of likely N-dealkylation sites (tertiary alicyclic amines) is 1. The molecule has 4 aliphatic rings. The predicted molar refractivity (Wildman–Crippen MR) is 132 cm³/mol. The lowest BCUT2D eigenvalue weighted by molar-refractivity contribution is -0.121. The van der Waals surface area contributed by atoms with Crippen molar-refractivity contribution < 1.29 is 23.7 Å². The molecule has 1 amide bonds. The molecule has 1 aliphatic carbocycles. The van der Waals surface area contributed by atoms with Crippen LogP contribution in [0.5, 0.6) is 0 Å². The van der Waals surface area contributed by atoms with Crippen molar-refractivity contribution in [1.82, 2.24) is 9.80 Å². The molecule has 0 aromatic rings. The molecule has 1 spiro atoms. The van der Waals surface area contributed by atoms with Gasteiger partial charge >= 0.3 is 6.09 Å². The molecule has 7 nitrogen and oxygen atoms in total. The molecule has 7 heteroatoms. The van der Waals surface area contributed by atoms with Crippen molar-refractivity contribution in [3.05, 3.63) is 11.6 Å².